The Morgan fingerprint density at radius 1 is 1.29 bits per heavy atom. The molecule has 0 aliphatic heterocycles. The summed E-state index contributed by atoms with van der Waals surface area (Å²) in [5.41, 5.74) is 2.99. The van der Waals surface area contributed by atoms with Crippen LogP contribution >= 0.6 is 8.52 Å². The first-order valence-corrected chi connectivity index (χ1v) is 5.19. The Hall–Kier alpha value is -1.28. The lowest BCUT2D eigenvalue weighted by Gasteiger charge is -1.99. The molecule has 0 unspecified atom stereocenters. The van der Waals surface area contributed by atoms with Gasteiger partial charge in [-0.1, -0.05) is 0 Å². The smallest absolute Gasteiger partial charge is 0.152 e. The zero-order chi connectivity index (χ0) is 10.3. The largest absolute Gasteiger partial charge is 0.268 e. The second-order valence-electron chi connectivity index (χ2n) is 3.31. The molecule has 0 atom stereocenters. The lowest BCUT2D eigenvalue weighted by Crippen LogP contribution is -1.93. The fraction of sp³-hybridized carbons (Fsp3) is 0.333. The Bertz CT molecular complexity index is 515. The molecule has 14 heavy (non-hydrogen) atoms. The molecule has 0 spiro atoms. The van der Waals surface area contributed by atoms with Crippen molar-refractivity contribution in [1.82, 2.24) is 14.3 Å². The average molecular weight is 206 g/mol. The van der Waals surface area contributed by atoms with Crippen molar-refractivity contribution in [3.05, 3.63) is 23.3 Å². The van der Waals surface area contributed by atoms with E-state index in [0.717, 1.165) is 28.1 Å². The van der Waals surface area contributed by atoms with Gasteiger partial charge >= 0.3 is 0 Å². The number of aryl methyl sites for hydroxylation is 3. The van der Waals surface area contributed by atoms with Crippen LogP contribution in [0, 0.1) is 25.9 Å². The van der Waals surface area contributed by atoms with Crippen LogP contribution in [0.1, 0.15) is 17.1 Å². The molecule has 0 amide bonds. The number of aromatic nitrogens is 3. The summed E-state index contributed by atoms with van der Waals surface area (Å²) in [4.78, 5) is 8.67. The Labute approximate surface area is 83.7 Å². The van der Waals surface area contributed by atoms with E-state index < -0.39 is 0 Å². The molecule has 0 aromatic carbocycles. The van der Waals surface area contributed by atoms with E-state index in [4.69, 9.17) is 5.16 Å². The van der Waals surface area contributed by atoms with Crippen LogP contribution in [0.25, 0.3) is 11.0 Å². The summed E-state index contributed by atoms with van der Waals surface area (Å²) < 4.78 is 1.81. The molecule has 1 N–H and O–H groups in total. The molecule has 4 nitrogen and oxygen atoms in total. The second-order valence-corrected chi connectivity index (χ2v) is 3.94. The quantitative estimate of drug-likeness (QED) is 0.729. The number of nitrogens with zero attached hydrogens (tertiary/aromatic N) is 3. The molecule has 72 valence electrons. The van der Waals surface area contributed by atoms with E-state index in [1.54, 1.807) is 0 Å². The molecule has 0 saturated carbocycles. The third kappa shape index (κ3) is 1.23. The van der Waals surface area contributed by atoms with Crippen molar-refractivity contribution < 1.29 is 0 Å². The third-order valence-corrected chi connectivity index (χ3v) is 2.74. The fourth-order valence-corrected chi connectivity index (χ4v) is 2.18. The van der Waals surface area contributed by atoms with Crippen molar-refractivity contribution in [3.63, 3.8) is 0 Å². The van der Waals surface area contributed by atoms with Crippen molar-refractivity contribution in [1.29, 1.82) is 5.16 Å². The monoisotopic (exact) mass is 206 g/mol. The minimum atomic E-state index is 0.443. The van der Waals surface area contributed by atoms with Gasteiger partial charge in [0.25, 0.3) is 0 Å². The maximum atomic E-state index is 7.35. The number of rotatable bonds is 1. The minimum Gasteiger partial charge on any atom is -0.268 e. The lowest BCUT2D eigenvalue weighted by atomic mass is 10.2. The van der Waals surface area contributed by atoms with Crippen LogP contribution in [0.15, 0.2) is 6.20 Å². The fourth-order valence-electron chi connectivity index (χ4n) is 1.71. The van der Waals surface area contributed by atoms with Gasteiger partial charge in [-0.3, -0.25) is 9.50 Å². The molecule has 2 aromatic heterocycles. The molecule has 0 saturated heterocycles. The topological polar surface area (TPSA) is 54.6 Å². The van der Waals surface area contributed by atoms with Gasteiger partial charge in [-0.25, -0.2) is 9.97 Å². The van der Waals surface area contributed by atoms with Gasteiger partial charge in [0.1, 0.15) is 14.3 Å². The van der Waals surface area contributed by atoms with E-state index in [0.29, 0.717) is 8.52 Å². The number of nitrogens with one attached hydrogen (secondary N) is 1. The van der Waals surface area contributed by atoms with Crippen LogP contribution in [0.5, 0.6) is 0 Å². The van der Waals surface area contributed by atoms with E-state index in [1.165, 1.54) is 0 Å². The van der Waals surface area contributed by atoms with Gasteiger partial charge in [0.05, 0.1) is 5.69 Å². The molecule has 2 rings (SSSR count). The van der Waals surface area contributed by atoms with Gasteiger partial charge in [0.15, 0.2) is 5.65 Å². The summed E-state index contributed by atoms with van der Waals surface area (Å²) in [6, 6.07) is 0. The first kappa shape index (κ1) is 9.28. The summed E-state index contributed by atoms with van der Waals surface area (Å²) >= 11 is 0. The number of hydrogen-bond donors (Lipinski definition) is 1. The Kier molecular flexibility index (Phi) is 2.08. The van der Waals surface area contributed by atoms with Gasteiger partial charge in [-0.2, -0.15) is 0 Å². The van der Waals surface area contributed by atoms with Crippen molar-refractivity contribution in [2.75, 3.05) is 0 Å². The normalized spacial score (nSPS) is 11.4. The second kappa shape index (κ2) is 3.14. The van der Waals surface area contributed by atoms with Crippen molar-refractivity contribution >= 4 is 19.6 Å². The van der Waals surface area contributed by atoms with Gasteiger partial charge < -0.3 is 0 Å². The van der Waals surface area contributed by atoms with Crippen molar-refractivity contribution in [3.8, 4) is 0 Å². The van der Waals surface area contributed by atoms with Crippen LogP contribution in [-0.4, -0.2) is 14.3 Å². The zero-order valence-electron chi connectivity index (χ0n) is 8.37. The summed E-state index contributed by atoms with van der Waals surface area (Å²) in [6.45, 7) is 5.88. The maximum Gasteiger partial charge on any atom is 0.152 e. The number of hydrogen-bond acceptors (Lipinski definition) is 3. The molecule has 0 bridgehead atoms. The highest BCUT2D eigenvalue weighted by Crippen LogP contribution is 2.24. The summed E-state index contributed by atoms with van der Waals surface area (Å²) in [6.07, 6.45) is 1.94. The van der Waals surface area contributed by atoms with Crippen LogP contribution < -0.4 is 0 Å². The van der Waals surface area contributed by atoms with Crippen molar-refractivity contribution in [2.45, 2.75) is 20.8 Å². The maximum absolute atomic E-state index is 7.35. The van der Waals surface area contributed by atoms with E-state index in [2.05, 4.69) is 9.97 Å². The zero-order valence-corrected chi connectivity index (χ0v) is 9.26. The molecular weight excluding hydrogens is 195 g/mol. The van der Waals surface area contributed by atoms with E-state index in [1.807, 2.05) is 31.3 Å². The van der Waals surface area contributed by atoms with Gasteiger partial charge in [-0.15, -0.1) is 0 Å². The molecule has 0 fully saturated rings. The molecular formula is C9H11N4P. The van der Waals surface area contributed by atoms with Crippen LogP contribution in [0.3, 0.4) is 0 Å². The molecule has 0 radical (unpaired) electrons. The van der Waals surface area contributed by atoms with E-state index >= 15 is 0 Å². The predicted molar refractivity (Wildman–Crippen MR) is 56.8 cm³/mol. The summed E-state index contributed by atoms with van der Waals surface area (Å²) in [7, 11) is 0.443. The first-order valence-electron chi connectivity index (χ1n) is 4.34. The van der Waals surface area contributed by atoms with E-state index in [-0.39, 0.29) is 0 Å². The van der Waals surface area contributed by atoms with Crippen LogP contribution in [0.4, 0.5) is 0 Å². The predicted octanol–water partition coefficient (Wildman–Crippen LogP) is 2.83. The van der Waals surface area contributed by atoms with Crippen LogP contribution in [-0.2, 0) is 0 Å². The van der Waals surface area contributed by atoms with Gasteiger partial charge in [-0.05, 0) is 26.3 Å². The third-order valence-electron chi connectivity index (χ3n) is 2.22. The van der Waals surface area contributed by atoms with Gasteiger partial charge in [0.2, 0.25) is 0 Å². The summed E-state index contributed by atoms with van der Waals surface area (Å²) in [5.74, 6) is 0.762. The van der Waals surface area contributed by atoms with E-state index in [9.17, 15) is 0 Å². The molecule has 5 heteroatoms. The van der Waals surface area contributed by atoms with Crippen molar-refractivity contribution in [2.24, 2.45) is 0 Å². The summed E-state index contributed by atoms with van der Waals surface area (Å²) in [5, 5.41) is 8.43. The molecule has 0 aliphatic carbocycles. The lowest BCUT2D eigenvalue weighted by molar-refractivity contribution is 1.04. The Balaban J connectivity index is 2.96. The number of fused-ring (bicyclic) bond motifs is 1. The average Bonchev–Trinajstić information content (AvgIpc) is 2.42. The standard InChI is InChI=1S/C9H11N4P/c1-5-4-13(14-10)9-8(5)6(2)11-7(3)12-9/h4,10H,1-3H3. The molecule has 0 aliphatic rings. The first-order chi connectivity index (χ1) is 6.63. The highest BCUT2D eigenvalue weighted by Gasteiger charge is 2.09. The van der Waals surface area contributed by atoms with Gasteiger partial charge in [0, 0.05) is 11.6 Å². The SMILES string of the molecule is Cc1nc(C)c2c(C)cn(P=N)c2n1. The Morgan fingerprint density at radius 3 is 2.64 bits per heavy atom. The molecule has 2 heterocycles. The molecule has 2 aromatic rings. The highest BCUT2D eigenvalue weighted by atomic mass is 31.1. The Morgan fingerprint density at radius 2 is 2.00 bits per heavy atom. The van der Waals surface area contributed by atoms with Crippen LogP contribution in [0.2, 0.25) is 0 Å². The minimum absolute atomic E-state index is 0.443. The highest BCUT2D eigenvalue weighted by molar-refractivity contribution is 7.23.